The molecular weight excluding hydrogens is 188 g/mol. The molecule has 1 heterocycles. The number of rotatable bonds is 3. The van der Waals surface area contributed by atoms with Gasteiger partial charge in [0.2, 0.25) is 0 Å². The van der Waals surface area contributed by atoms with Crippen LogP contribution in [0.2, 0.25) is 0 Å². The third kappa shape index (κ3) is 3.28. The van der Waals surface area contributed by atoms with Gasteiger partial charge >= 0.3 is 5.97 Å². The molecule has 1 rings (SSSR count). The second kappa shape index (κ2) is 4.02. The van der Waals surface area contributed by atoms with E-state index in [2.05, 4.69) is 0 Å². The van der Waals surface area contributed by atoms with Gasteiger partial charge in [0.05, 0.1) is 5.88 Å². The first kappa shape index (κ1) is 10.4. The Kier molecular flexibility index (Phi) is 3.22. The molecule has 2 N–H and O–H groups in total. The third-order valence-electron chi connectivity index (χ3n) is 1.50. The van der Waals surface area contributed by atoms with E-state index in [0.717, 1.165) is 5.88 Å². The summed E-state index contributed by atoms with van der Waals surface area (Å²) in [6.45, 7) is 3.54. The number of ether oxygens (including phenoxy) is 1. The summed E-state index contributed by atoms with van der Waals surface area (Å²) in [6, 6.07) is 0. The van der Waals surface area contributed by atoms with Crippen LogP contribution in [0.5, 0.6) is 0 Å². The lowest BCUT2D eigenvalue weighted by atomic mass is 10.1. The van der Waals surface area contributed by atoms with E-state index >= 15 is 0 Å². The highest BCUT2D eigenvalue weighted by molar-refractivity contribution is 8.02. The zero-order valence-electron chi connectivity index (χ0n) is 7.82. The van der Waals surface area contributed by atoms with Crippen molar-refractivity contribution < 1.29 is 9.53 Å². The average molecular weight is 202 g/mol. The van der Waals surface area contributed by atoms with E-state index in [0.29, 0.717) is 0 Å². The molecular formula is C8H14N2O2S. The van der Waals surface area contributed by atoms with Gasteiger partial charge in [0.1, 0.15) is 5.54 Å². The first-order chi connectivity index (χ1) is 6.00. The van der Waals surface area contributed by atoms with Crippen LogP contribution in [0.15, 0.2) is 11.6 Å². The van der Waals surface area contributed by atoms with Crippen molar-refractivity contribution in [2.75, 3.05) is 12.6 Å². The molecule has 74 valence electrons. The molecule has 5 heteroatoms. The fourth-order valence-electron chi connectivity index (χ4n) is 0.719. The zero-order chi connectivity index (χ0) is 9.90. The van der Waals surface area contributed by atoms with Crippen LogP contribution in [0, 0.1) is 0 Å². The molecule has 0 aromatic heterocycles. The van der Waals surface area contributed by atoms with E-state index in [1.807, 2.05) is 16.5 Å². The van der Waals surface area contributed by atoms with Crippen molar-refractivity contribution in [3.8, 4) is 0 Å². The van der Waals surface area contributed by atoms with Gasteiger partial charge in [-0.1, -0.05) is 0 Å². The van der Waals surface area contributed by atoms with E-state index in [4.69, 9.17) is 10.5 Å². The Hall–Kier alpha value is -0.680. The second-order valence-electron chi connectivity index (χ2n) is 3.45. The minimum atomic E-state index is -0.906. The Morgan fingerprint density at radius 3 is 2.92 bits per heavy atom. The van der Waals surface area contributed by atoms with E-state index < -0.39 is 5.54 Å². The molecule has 0 radical (unpaired) electrons. The van der Waals surface area contributed by atoms with Gasteiger partial charge in [-0.2, -0.15) is 0 Å². The molecule has 0 aromatic rings. The molecule has 1 aliphatic rings. The first-order valence-electron chi connectivity index (χ1n) is 3.98. The molecule has 0 aromatic carbocycles. The van der Waals surface area contributed by atoms with E-state index in [1.54, 1.807) is 25.6 Å². The largest absolute Gasteiger partial charge is 0.443 e. The maximum absolute atomic E-state index is 11.2. The first-order valence-corrected chi connectivity index (χ1v) is 5.03. The molecule has 0 amide bonds. The Morgan fingerprint density at radius 1 is 1.77 bits per heavy atom. The monoisotopic (exact) mass is 202 g/mol. The fraction of sp³-hybridized carbons (Fsp3) is 0.625. The van der Waals surface area contributed by atoms with Crippen molar-refractivity contribution in [1.29, 1.82) is 0 Å². The predicted molar refractivity (Wildman–Crippen MR) is 52.7 cm³/mol. The highest BCUT2D eigenvalue weighted by atomic mass is 32.2. The zero-order valence-corrected chi connectivity index (χ0v) is 8.63. The molecule has 0 unspecified atom stereocenters. The van der Waals surface area contributed by atoms with Crippen LogP contribution >= 0.6 is 11.8 Å². The van der Waals surface area contributed by atoms with Crippen LogP contribution in [0.3, 0.4) is 0 Å². The maximum atomic E-state index is 11.2. The Labute approximate surface area is 82.1 Å². The highest BCUT2D eigenvalue weighted by Gasteiger charge is 2.24. The van der Waals surface area contributed by atoms with Crippen molar-refractivity contribution in [3.63, 3.8) is 0 Å². The van der Waals surface area contributed by atoms with Crippen molar-refractivity contribution >= 4 is 17.7 Å². The summed E-state index contributed by atoms with van der Waals surface area (Å²) in [6.07, 6.45) is 1.89. The average Bonchev–Trinajstić information content (AvgIpc) is 2.50. The van der Waals surface area contributed by atoms with E-state index in [9.17, 15) is 4.79 Å². The quantitative estimate of drug-likeness (QED) is 0.683. The lowest BCUT2D eigenvalue weighted by molar-refractivity contribution is -0.152. The van der Waals surface area contributed by atoms with Gasteiger partial charge < -0.3 is 15.4 Å². The van der Waals surface area contributed by atoms with Crippen LogP contribution in [-0.4, -0.2) is 29.0 Å². The van der Waals surface area contributed by atoms with Crippen LogP contribution in [0.4, 0.5) is 0 Å². The second-order valence-corrected chi connectivity index (χ2v) is 4.32. The molecule has 0 fully saturated rings. The van der Waals surface area contributed by atoms with Crippen molar-refractivity contribution in [3.05, 3.63) is 11.6 Å². The predicted octanol–water partition coefficient (Wildman–Crippen LogP) is 0.702. The lowest BCUT2D eigenvalue weighted by Gasteiger charge is -2.20. The van der Waals surface area contributed by atoms with Crippen molar-refractivity contribution in [2.45, 2.75) is 19.4 Å². The lowest BCUT2D eigenvalue weighted by Crippen LogP contribution is -2.43. The van der Waals surface area contributed by atoms with E-state index in [1.165, 1.54) is 0 Å². The van der Waals surface area contributed by atoms with E-state index in [-0.39, 0.29) is 12.7 Å². The number of nitrogens with two attached hydrogens (primary N) is 1. The van der Waals surface area contributed by atoms with Gasteiger partial charge in [-0.3, -0.25) is 4.79 Å². The van der Waals surface area contributed by atoms with Gasteiger partial charge in [-0.25, -0.2) is 0 Å². The summed E-state index contributed by atoms with van der Waals surface area (Å²) in [4.78, 5) is 13.1. The molecule has 0 bridgehead atoms. The normalized spacial score (nSPS) is 16.4. The number of esters is 1. The summed E-state index contributed by atoms with van der Waals surface area (Å²) in [5.41, 5.74) is 4.64. The van der Waals surface area contributed by atoms with Gasteiger partial charge in [0, 0.05) is 6.20 Å². The minimum absolute atomic E-state index is 0.281. The number of carbonyl (C=O) groups is 1. The van der Waals surface area contributed by atoms with Crippen molar-refractivity contribution in [1.82, 2.24) is 4.90 Å². The van der Waals surface area contributed by atoms with Gasteiger partial charge in [-0.15, -0.1) is 11.8 Å². The number of hydrogen-bond donors (Lipinski definition) is 1. The summed E-state index contributed by atoms with van der Waals surface area (Å²) in [5.74, 6) is 0.455. The number of hydrogen-bond acceptors (Lipinski definition) is 5. The van der Waals surface area contributed by atoms with Gasteiger partial charge in [0.15, 0.2) is 6.73 Å². The SMILES string of the molecule is CC(C)(N)C(=O)OCN1C=CSC1. The summed E-state index contributed by atoms with van der Waals surface area (Å²) >= 11 is 1.66. The molecule has 4 nitrogen and oxygen atoms in total. The molecule has 0 saturated heterocycles. The maximum Gasteiger partial charge on any atom is 0.327 e. The molecule has 0 saturated carbocycles. The summed E-state index contributed by atoms with van der Waals surface area (Å²) in [7, 11) is 0. The van der Waals surface area contributed by atoms with Crippen LogP contribution in [0.1, 0.15) is 13.8 Å². The van der Waals surface area contributed by atoms with Gasteiger partial charge in [0.25, 0.3) is 0 Å². The smallest absolute Gasteiger partial charge is 0.327 e. The minimum Gasteiger partial charge on any atom is -0.443 e. The number of thioether (sulfide) groups is 1. The molecule has 13 heavy (non-hydrogen) atoms. The molecule has 1 aliphatic heterocycles. The third-order valence-corrected chi connectivity index (χ3v) is 2.29. The standard InChI is InChI=1S/C8H14N2O2S/c1-8(2,9)7(11)12-5-10-3-4-13-6-10/h3-4H,5-6,9H2,1-2H3. The molecule has 0 aliphatic carbocycles. The number of nitrogens with zero attached hydrogens (tertiary/aromatic N) is 1. The highest BCUT2D eigenvalue weighted by Crippen LogP contribution is 2.14. The van der Waals surface area contributed by atoms with Gasteiger partial charge in [-0.05, 0) is 19.3 Å². The fourth-order valence-corrected chi connectivity index (χ4v) is 1.42. The summed E-state index contributed by atoms with van der Waals surface area (Å²) < 4.78 is 4.99. The topological polar surface area (TPSA) is 55.6 Å². The van der Waals surface area contributed by atoms with Crippen molar-refractivity contribution in [2.24, 2.45) is 5.73 Å². The molecule has 0 spiro atoms. The Morgan fingerprint density at radius 2 is 2.46 bits per heavy atom. The van der Waals surface area contributed by atoms with Crippen LogP contribution < -0.4 is 5.73 Å². The summed E-state index contributed by atoms with van der Waals surface area (Å²) in [5, 5.41) is 1.96. The Balaban J connectivity index is 2.26. The van der Waals surface area contributed by atoms with Crippen LogP contribution in [-0.2, 0) is 9.53 Å². The Bertz CT molecular complexity index is 223. The molecule has 0 atom stereocenters. The number of carbonyl (C=O) groups excluding carboxylic acids is 1. The van der Waals surface area contributed by atoms with Crippen LogP contribution in [0.25, 0.3) is 0 Å².